The van der Waals surface area contributed by atoms with Gasteiger partial charge in [-0.25, -0.2) is 0 Å². The number of hydrogen-bond donors (Lipinski definition) is 2. The molecular formula is C13H27N3O2. The van der Waals surface area contributed by atoms with Crippen molar-refractivity contribution in [2.75, 3.05) is 13.1 Å². The molecule has 0 rings (SSSR count). The van der Waals surface area contributed by atoms with E-state index in [0.717, 1.165) is 0 Å². The molecule has 0 fully saturated rings. The summed E-state index contributed by atoms with van der Waals surface area (Å²) in [6.07, 6.45) is 0. The largest absolute Gasteiger partial charge is 0.343 e. The number of carbonyl (C=O) groups excluding carboxylic acids is 2. The summed E-state index contributed by atoms with van der Waals surface area (Å²) in [6.45, 7) is 12.5. The van der Waals surface area contributed by atoms with Crippen molar-refractivity contribution in [1.29, 1.82) is 0 Å². The van der Waals surface area contributed by atoms with E-state index in [2.05, 4.69) is 5.32 Å². The van der Waals surface area contributed by atoms with E-state index in [-0.39, 0.29) is 17.2 Å². The van der Waals surface area contributed by atoms with E-state index < -0.39 is 12.1 Å². The Labute approximate surface area is 110 Å². The van der Waals surface area contributed by atoms with Gasteiger partial charge in [0, 0.05) is 13.1 Å². The number of likely N-dealkylation sites (N-methyl/N-ethyl adjacent to an activating group) is 1. The molecule has 0 aliphatic heterocycles. The molecule has 0 saturated carbocycles. The summed E-state index contributed by atoms with van der Waals surface area (Å²) in [7, 11) is 0. The van der Waals surface area contributed by atoms with Crippen molar-refractivity contribution in [3.8, 4) is 0 Å². The normalized spacial score (nSPS) is 14.8. The first-order chi connectivity index (χ1) is 8.15. The smallest absolute Gasteiger partial charge is 0.244 e. The van der Waals surface area contributed by atoms with E-state index in [1.807, 2.05) is 34.6 Å². The van der Waals surface area contributed by atoms with Gasteiger partial charge in [0.05, 0.1) is 6.04 Å². The Morgan fingerprint density at radius 1 is 1.22 bits per heavy atom. The van der Waals surface area contributed by atoms with Gasteiger partial charge in [0.25, 0.3) is 0 Å². The summed E-state index contributed by atoms with van der Waals surface area (Å²) in [5.41, 5.74) is 5.53. The Morgan fingerprint density at radius 2 is 1.67 bits per heavy atom. The highest BCUT2D eigenvalue weighted by atomic mass is 16.2. The van der Waals surface area contributed by atoms with Gasteiger partial charge in [-0.1, -0.05) is 20.8 Å². The fourth-order valence-corrected chi connectivity index (χ4v) is 1.57. The molecule has 0 heterocycles. The van der Waals surface area contributed by atoms with Gasteiger partial charge in [0.1, 0.15) is 6.04 Å². The Kier molecular flexibility index (Phi) is 6.32. The van der Waals surface area contributed by atoms with E-state index in [0.29, 0.717) is 13.1 Å². The maximum absolute atomic E-state index is 12.0. The summed E-state index contributed by atoms with van der Waals surface area (Å²) in [4.78, 5) is 25.6. The number of rotatable bonds is 5. The fraction of sp³-hybridized carbons (Fsp3) is 0.846. The van der Waals surface area contributed by atoms with Gasteiger partial charge < -0.3 is 16.0 Å². The number of nitrogens with zero attached hydrogens (tertiary/aromatic N) is 1. The van der Waals surface area contributed by atoms with Crippen LogP contribution in [0, 0.1) is 5.41 Å². The Hall–Kier alpha value is -1.10. The van der Waals surface area contributed by atoms with Crippen LogP contribution in [-0.4, -0.2) is 41.9 Å². The molecule has 106 valence electrons. The van der Waals surface area contributed by atoms with Crippen LogP contribution in [0.15, 0.2) is 0 Å². The van der Waals surface area contributed by atoms with Gasteiger partial charge in [0.2, 0.25) is 11.8 Å². The number of nitrogens with one attached hydrogen (secondary N) is 1. The lowest BCUT2D eigenvalue weighted by Gasteiger charge is -2.28. The predicted molar refractivity (Wildman–Crippen MR) is 73.0 cm³/mol. The lowest BCUT2D eigenvalue weighted by molar-refractivity contribution is -0.136. The van der Waals surface area contributed by atoms with E-state index in [1.165, 1.54) is 0 Å². The van der Waals surface area contributed by atoms with Gasteiger partial charge in [-0.2, -0.15) is 0 Å². The summed E-state index contributed by atoms with van der Waals surface area (Å²) >= 11 is 0. The molecule has 0 aromatic carbocycles. The monoisotopic (exact) mass is 257 g/mol. The third-order valence-electron chi connectivity index (χ3n) is 3.02. The summed E-state index contributed by atoms with van der Waals surface area (Å²) < 4.78 is 0. The molecule has 0 saturated heterocycles. The highest BCUT2D eigenvalue weighted by Crippen LogP contribution is 2.17. The zero-order chi connectivity index (χ0) is 14.5. The Morgan fingerprint density at radius 3 is 2.00 bits per heavy atom. The SMILES string of the molecule is CCN(CC)C(=O)C(C)NC(=O)[C@@H](N)C(C)(C)C. The molecule has 5 heteroatoms. The van der Waals surface area contributed by atoms with Crippen LogP contribution in [0.4, 0.5) is 0 Å². The van der Waals surface area contributed by atoms with E-state index in [9.17, 15) is 9.59 Å². The minimum absolute atomic E-state index is 0.0746. The van der Waals surface area contributed by atoms with Crippen LogP contribution >= 0.6 is 0 Å². The van der Waals surface area contributed by atoms with Crippen molar-refractivity contribution < 1.29 is 9.59 Å². The third-order valence-corrected chi connectivity index (χ3v) is 3.02. The first kappa shape index (κ1) is 16.9. The van der Waals surface area contributed by atoms with Gasteiger partial charge in [-0.15, -0.1) is 0 Å². The molecule has 0 bridgehead atoms. The molecule has 2 amide bonds. The van der Waals surface area contributed by atoms with Crippen molar-refractivity contribution in [3.05, 3.63) is 0 Å². The van der Waals surface area contributed by atoms with Crippen molar-refractivity contribution in [3.63, 3.8) is 0 Å². The standard InChI is InChI=1S/C13H27N3O2/c1-7-16(8-2)12(18)9(3)15-11(17)10(14)13(4,5)6/h9-10H,7-8,14H2,1-6H3,(H,15,17)/t9?,10-/m1/s1. The second-order valence-corrected chi connectivity index (χ2v) is 5.58. The molecule has 2 atom stereocenters. The highest BCUT2D eigenvalue weighted by Gasteiger charge is 2.30. The highest BCUT2D eigenvalue weighted by molar-refractivity contribution is 5.89. The first-order valence-corrected chi connectivity index (χ1v) is 6.49. The average Bonchev–Trinajstić information content (AvgIpc) is 2.27. The fourth-order valence-electron chi connectivity index (χ4n) is 1.57. The first-order valence-electron chi connectivity index (χ1n) is 6.49. The van der Waals surface area contributed by atoms with Crippen LogP contribution in [0.2, 0.25) is 0 Å². The topological polar surface area (TPSA) is 75.4 Å². The van der Waals surface area contributed by atoms with Crippen LogP contribution in [0.25, 0.3) is 0 Å². The van der Waals surface area contributed by atoms with E-state index in [4.69, 9.17) is 5.73 Å². The van der Waals surface area contributed by atoms with Crippen molar-refractivity contribution in [2.24, 2.45) is 11.1 Å². The molecule has 3 N–H and O–H groups in total. The van der Waals surface area contributed by atoms with Crippen molar-refractivity contribution in [1.82, 2.24) is 10.2 Å². The summed E-state index contributed by atoms with van der Waals surface area (Å²) in [5.74, 6) is -0.357. The number of nitrogens with two attached hydrogens (primary N) is 1. The van der Waals surface area contributed by atoms with Gasteiger partial charge in [-0.3, -0.25) is 9.59 Å². The minimum Gasteiger partial charge on any atom is -0.343 e. The zero-order valence-electron chi connectivity index (χ0n) is 12.4. The molecule has 0 aromatic heterocycles. The van der Waals surface area contributed by atoms with E-state index in [1.54, 1.807) is 11.8 Å². The third kappa shape index (κ3) is 4.64. The lowest BCUT2D eigenvalue weighted by Crippen LogP contribution is -2.54. The van der Waals surface area contributed by atoms with Crippen LogP contribution < -0.4 is 11.1 Å². The molecule has 0 aliphatic rings. The van der Waals surface area contributed by atoms with E-state index >= 15 is 0 Å². The van der Waals surface area contributed by atoms with Crippen LogP contribution in [0.3, 0.4) is 0 Å². The van der Waals surface area contributed by atoms with Gasteiger partial charge in [-0.05, 0) is 26.2 Å². The minimum atomic E-state index is -0.621. The maximum atomic E-state index is 12.0. The predicted octanol–water partition coefficient (Wildman–Crippen LogP) is 0.733. The quantitative estimate of drug-likeness (QED) is 0.762. The van der Waals surface area contributed by atoms with Crippen molar-refractivity contribution >= 4 is 11.8 Å². The average molecular weight is 257 g/mol. The molecule has 0 radical (unpaired) electrons. The number of carbonyl (C=O) groups is 2. The molecule has 1 unspecified atom stereocenters. The second kappa shape index (κ2) is 6.73. The van der Waals surface area contributed by atoms with Gasteiger partial charge in [0.15, 0.2) is 0 Å². The second-order valence-electron chi connectivity index (χ2n) is 5.58. The van der Waals surface area contributed by atoms with Crippen LogP contribution in [-0.2, 0) is 9.59 Å². The lowest BCUT2D eigenvalue weighted by atomic mass is 9.87. The van der Waals surface area contributed by atoms with Crippen LogP contribution in [0.1, 0.15) is 41.5 Å². The zero-order valence-corrected chi connectivity index (χ0v) is 12.4. The number of amides is 2. The molecule has 0 aromatic rings. The number of hydrogen-bond acceptors (Lipinski definition) is 3. The molecule has 18 heavy (non-hydrogen) atoms. The van der Waals surface area contributed by atoms with Crippen molar-refractivity contribution in [2.45, 2.75) is 53.6 Å². The summed E-state index contributed by atoms with van der Waals surface area (Å²) in [5, 5.41) is 2.68. The molecule has 0 spiro atoms. The maximum Gasteiger partial charge on any atom is 0.244 e. The Bertz CT molecular complexity index is 293. The molecule has 0 aliphatic carbocycles. The molecular weight excluding hydrogens is 230 g/mol. The Balaban J connectivity index is 4.53. The molecule has 5 nitrogen and oxygen atoms in total. The van der Waals surface area contributed by atoms with Crippen LogP contribution in [0.5, 0.6) is 0 Å². The summed E-state index contributed by atoms with van der Waals surface area (Å²) in [6, 6.07) is -1.16. The van der Waals surface area contributed by atoms with Gasteiger partial charge >= 0.3 is 0 Å².